The Morgan fingerprint density at radius 3 is 2.42 bits per heavy atom. The molecule has 0 N–H and O–H groups in total. The first-order chi connectivity index (χ1) is 15.9. The molecule has 33 heavy (non-hydrogen) atoms. The first kappa shape index (κ1) is 24.5. The summed E-state index contributed by atoms with van der Waals surface area (Å²) in [6.45, 7) is 0.966. The van der Waals surface area contributed by atoms with Crippen LogP contribution in [-0.4, -0.2) is 85.7 Å². The smallest absolute Gasteiger partial charge is 0.338 e. The summed E-state index contributed by atoms with van der Waals surface area (Å²) in [7, 11) is 2.80. The molecular weight excluding hydrogens is 452 g/mol. The molecule has 0 saturated carbocycles. The molecule has 0 atom stereocenters. The maximum absolute atomic E-state index is 12.6. The second kappa shape index (κ2) is 11.1. The molecule has 176 valence electrons. The second-order valence-electron chi connectivity index (χ2n) is 7.20. The van der Waals surface area contributed by atoms with Crippen LogP contribution in [0.2, 0.25) is 0 Å². The van der Waals surface area contributed by atoms with Crippen LogP contribution >= 0.6 is 11.8 Å². The highest BCUT2D eigenvalue weighted by atomic mass is 32.2. The second-order valence-corrected chi connectivity index (χ2v) is 8.19. The molecular formula is C22H24N2O8S. The molecule has 0 aromatic heterocycles. The van der Waals surface area contributed by atoms with E-state index in [1.165, 1.54) is 48.0 Å². The van der Waals surface area contributed by atoms with E-state index < -0.39 is 23.8 Å². The minimum absolute atomic E-state index is 0.0336. The van der Waals surface area contributed by atoms with Crippen LogP contribution in [0.5, 0.6) is 0 Å². The standard InChI is InChI=1S/C22H24N2O8S/c1-30-9-3-8-24-20(27)15-6-5-14(11-16(15)21(24)28)22(29)32-10-4-7-23-17(25)13-33-18(23)12-19(26)31-2/h5-6,11-12H,3-4,7-10,13H2,1-2H3/b18-12-. The fourth-order valence-electron chi connectivity index (χ4n) is 3.39. The number of imide groups is 1. The lowest BCUT2D eigenvalue weighted by molar-refractivity contribution is -0.134. The Labute approximate surface area is 194 Å². The highest BCUT2D eigenvalue weighted by molar-refractivity contribution is 8.04. The molecule has 1 aromatic rings. The van der Waals surface area contributed by atoms with Gasteiger partial charge < -0.3 is 19.1 Å². The summed E-state index contributed by atoms with van der Waals surface area (Å²) in [4.78, 5) is 63.5. The van der Waals surface area contributed by atoms with Gasteiger partial charge in [-0.3, -0.25) is 19.3 Å². The van der Waals surface area contributed by atoms with Crippen LogP contribution in [0, 0.1) is 0 Å². The lowest BCUT2D eigenvalue weighted by Gasteiger charge is -2.16. The zero-order valence-corrected chi connectivity index (χ0v) is 19.1. The Morgan fingerprint density at radius 2 is 1.70 bits per heavy atom. The molecule has 0 bridgehead atoms. The first-order valence-electron chi connectivity index (χ1n) is 10.3. The molecule has 3 amide bonds. The Bertz CT molecular complexity index is 1010. The van der Waals surface area contributed by atoms with Crippen molar-refractivity contribution in [3.05, 3.63) is 46.0 Å². The van der Waals surface area contributed by atoms with Crippen molar-refractivity contribution in [2.24, 2.45) is 0 Å². The number of hydrogen-bond donors (Lipinski definition) is 0. The van der Waals surface area contributed by atoms with Gasteiger partial charge in [-0.05, 0) is 31.0 Å². The third-order valence-corrected chi connectivity index (χ3v) is 6.07. The lowest BCUT2D eigenvalue weighted by Crippen LogP contribution is -2.31. The van der Waals surface area contributed by atoms with Crippen LogP contribution in [-0.2, 0) is 23.8 Å². The molecule has 0 radical (unpaired) electrons. The van der Waals surface area contributed by atoms with Crippen molar-refractivity contribution in [2.75, 3.05) is 46.3 Å². The van der Waals surface area contributed by atoms with Gasteiger partial charge in [0.15, 0.2) is 0 Å². The molecule has 2 aliphatic heterocycles. The monoisotopic (exact) mass is 476 g/mol. The highest BCUT2D eigenvalue weighted by Crippen LogP contribution is 2.29. The summed E-state index contributed by atoms with van der Waals surface area (Å²) in [5, 5.41) is 0.495. The van der Waals surface area contributed by atoms with Crippen LogP contribution < -0.4 is 0 Å². The van der Waals surface area contributed by atoms with Gasteiger partial charge in [0.25, 0.3) is 11.8 Å². The molecule has 1 fully saturated rings. The lowest BCUT2D eigenvalue weighted by atomic mass is 10.1. The zero-order valence-electron chi connectivity index (χ0n) is 18.3. The molecule has 2 heterocycles. The van der Waals surface area contributed by atoms with Crippen molar-refractivity contribution in [3.63, 3.8) is 0 Å². The van der Waals surface area contributed by atoms with E-state index in [4.69, 9.17) is 9.47 Å². The minimum atomic E-state index is -0.636. The van der Waals surface area contributed by atoms with Gasteiger partial charge in [-0.15, -0.1) is 0 Å². The van der Waals surface area contributed by atoms with E-state index in [0.29, 0.717) is 24.5 Å². The Hall–Kier alpha value is -3.18. The number of fused-ring (bicyclic) bond motifs is 1. The van der Waals surface area contributed by atoms with Crippen molar-refractivity contribution in [3.8, 4) is 0 Å². The van der Waals surface area contributed by atoms with Crippen LogP contribution in [0.15, 0.2) is 29.3 Å². The molecule has 0 spiro atoms. The van der Waals surface area contributed by atoms with Gasteiger partial charge in [-0.1, -0.05) is 11.8 Å². The SMILES string of the molecule is COCCCN1C(=O)c2ccc(C(=O)OCCCN3C(=O)CS/C3=C\C(=O)OC)cc2C1=O. The number of amides is 3. The molecule has 11 heteroatoms. The number of thioether (sulfide) groups is 1. The number of hydrogen-bond acceptors (Lipinski definition) is 9. The van der Waals surface area contributed by atoms with Gasteiger partial charge in [-0.2, -0.15) is 0 Å². The number of carbonyl (C=O) groups excluding carboxylic acids is 5. The van der Waals surface area contributed by atoms with E-state index in [1.807, 2.05) is 0 Å². The number of carbonyl (C=O) groups is 5. The molecule has 2 aliphatic rings. The van der Waals surface area contributed by atoms with Crippen molar-refractivity contribution in [2.45, 2.75) is 12.8 Å². The topological polar surface area (TPSA) is 120 Å². The largest absolute Gasteiger partial charge is 0.466 e. The average Bonchev–Trinajstić information content (AvgIpc) is 3.27. The van der Waals surface area contributed by atoms with Crippen LogP contribution in [0.25, 0.3) is 0 Å². The summed E-state index contributed by atoms with van der Waals surface area (Å²) >= 11 is 1.24. The summed E-state index contributed by atoms with van der Waals surface area (Å²) < 4.78 is 14.8. The van der Waals surface area contributed by atoms with E-state index in [2.05, 4.69) is 4.74 Å². The maximum atomic E-state index is 12.6. The fourth-order valence-corrected chi connectivity index (χ4v) is 4.34. The zero-order chi connectivity index (χ0) is 24.0. The van der Waals surface area contributed by atoms with Gasteiger partial charge in [0.1, 0.15) is 0 Å². The van der Waals surface area contributed by atoms with Gasteiger partial charge >= 0.3 is 11.9 Å². The van der Waals surface area contributed by atoms with Crippen LogP contribution in [0.3, 0.4) is 0 Å². The van der Waals surface area contributed by atoms with E-state index in [1.54, 1.807) is 7.11 Å². The first-order valence-corrected chi connectivity index (χ1v) is 11.2. The summed E-state index contributed by atoms with van der Waals surface area (Å²) in [5.41, 5.74) is 0.584. The number of methoxy groups -OCH3 is 2. The average molecular weight is 477 g/mol. The predicted molar refractivity (Wildman–Crippen MR) is 117 cm³/mol. The normalized spacial score (nSPS) is 16.5. The third-order valence-electron chi connectivity index (χ3n) is 5.05. The molecule has 0 aliphatic carbocycles. The molecule has 0 unspecified atom stereocenters. The number of esters is 2. The summed E-state index contributed by atoms with van der Waals surface area (Å²) in [6, 6.07) is 4.27. The fraction of sp³-hybridized carbons (Fsp3) is 0.409. The van der Waals surface area contributed by atoms with E-state index in [-0.39, 0.29) is 48.0 Å². The molecule has 1 aromatic carbocycles. The van der Waals surface area contributed by atoms with E-state index in [0.717, 1.165) is 4.90 Å². The van der Waals surface area contributed by atoms with E-state index in [9.17, 15) is 24.0 Å². The molecule has 10 nitrogen and oxygen atoms in total. The molecule has 3 rings (SSSR count). The van der Waals surface area contributed by atoms with Crippen LogP contribution in [0.1, 0.15) is 43.9 Å². The number of nitrogens with zero attached hydrogens (tertiary/aromatic N) is 2. The Kier molecular flexibility index (Phi) is 8.23. The van der Waals surface area contributed by atoms with E-state index >= 15 is 0 Å². The van der Waals surface area contributed by atoms with Crippen molar-refractivity contribution in [1.82, 2.24) is 9.80 Å². The minimum Gasteiger partial charge on any atom is -0.466 e. The quantitative estimate of drug-likeness (QED) is 0.214. The summed E-state index contributed by atoms with van der Waals surface area (Å²) in [6.07, 6.45) is 2.13. The Balaban J connectivity index is 1.54. The number of rotatable bonds is 10. The van der Waals surface area contributed by atoms with Crippen LogP contribution in [0.4, 0.5) is 0 Å². The number of ether oxygens (including phenoxy) is 3. The van der Waals surface area contributed by atoms with Gasteiger partial charge in [-0.25, -0.2) is 9.59 Å². The molecule has 1 saturated heterocycles. The maximum Gasteiger partial charge on any atom is 0.338 e. The van der Waals surface area contributed by atoms with Crippen molar-refractivity contribution in [1.29, 1.82) is 0 Å². The number of benzene rings is 1. The van der Waals surface area contributed by atoms with Gasteiger partial charge in [0.2, 0.25) is 5.91 Å². The highest BCUT2D eigenvalue weighted by Gasteiger charge is 2.35. The van der Waals surface area contributed by atoms with Crippen molar-refractivity contribution >= 4 is 41.4 Å². The predicted octanol–water partition coefficient (Wildman–Crippen LogP) is 1.46. The van der Waals surface area contributed by atoms with Crippen molar-refractivity contribution < 1.29 is 38.2 Å². The van der Waals surface area contributed by atoms with Gasteiger partial charge in [0, 0.05) is 26.8 Å². The Morgan fingerprint density at radius 1 is 1.00 bits per heavy atom. The van der Waals surface area contributed by atoms with Gasteiger partial charge in [0.05, 0.1) is 47.3 Å². The third kappa shape index (κ3) is 5.60. The summed E-state index contributed by atoms with van der Waals surface area (Å²) in [5.74, 6) is -1.94.